The molecule has 0 atom stereocenters. The van der Waals surface area contributed by atoms with E-state index in [1.165, 1.54) is 35.1 Å². The molecule has 1 rings (SSSR count). The summed E-state index contributed by atoms with van der Waals surface area (Å²) in [6, 6.07) is 0. The molecule has 2 nitrogen and oxygen atoms in total. The van der Waals surface area contributed by atoms with Crippen LogP contribution in [-0.2, 0) is 0 Å². The van der Waals surface area contributed by atoms with E-state index in [0.717, 1.165) is 0 Å². The average molecular weight is 186 g/mol. The van der Waals surface area contributed by atoms with Gasteiger partial charge in [0, 0.05) is 0 Å². The van der Waals surface area contributed by atoms with Crippen molar-refractivity contribution < 1.29 is 8.97 Å². The normalized spacial score (nSPS) is 27.2. The van der Waals surface area contributed by atoms with Crippen LogP contribution >= 0.6 is 0 Å². The van der Waals surface area contributed by atoms with Crippen molar-refractivity contribution in [1.82, 2.24) is 0 Å². The van der Waals surface area contributed by atoms with Crippen LogP contribution in [-0.4, -0.2) is 61.8 Å². The molecule has 13 heavy (non-hydrogen) atoms. The van der Waals surface area contributed by atoms with E-state index in [0.29, 0.717) is 5.54 Å². The highest BCUT2D eigenvalue weighted by Crippen LogP contribution is 2.25. The lowest BCUT2D eigenvalue weighted by molar-refractivity contribution is -1.03. The largest absolute Gasteiger partial charge is 0.319 e. The lowest BCUT2D eigenvalue weighted by Gasteiger charge is -2.51. The van der Waals surface area contributed by atoms with E-state index < -0.39 is 0 Å². The molecule has 78 valence electrons. The van der Waals surface area contributed by atoms with Crippen molar-refractivity contribution >= 4 is 0 Å². The van der Waals surface area contributed by atoms with Crippen LogP contribution in [0.25, 0.3) is 0 Å². The van der Waals surface area contributed by atoms with Gasteiger partial charge in [0.05, 0.1) is 26.7 Å². The Hall–Kier alpha value is -0.0800. The summed E-state index contributed by atoms with van der Waals surface area (Å²) in [7, 11) is 7.08. The fraction of sp³-hybridized carbons (Fsp3) is 1.00. The number of nitrogens with zero attached hydrogens (tertiary/aromatic N) is 2. The number of hydrogen-bond donors (Lipinski definition) is 0. The van der Waals surface area contributed by atoms with Gasteiger partial charge >= 0.3 is 0 Å². The van der Waals surface area contributed by atoms with Gasteiger partial charge in [0.25, 0.3) is 0 Å². The highest BCUT2D eigenvalue weighted by Gasteiger charge is 2.42. The Labute approximate surface area is 83.3 Å². The van der Waals surface area contributed by atoms with E-state index in [9.17, 15) is 0 Å². The minimum Gasteiger partial charge on any atom is -0.319 e. The highest BCUT2D eigenvalue weighted by molar-refractivity contribution is 4.64. The zero-order valence-electron chi connectivity index (χ0n) is 10.2. The Balaban J connectivity index is 2.68. The number of likely N-dealkylation sites (N-methyl/N-ethyl adjacent to an activating group) is 2. The fourth-order valence-electron chi connectivity index (χ4n) is 1.88. The number of piperazine rings is 1. The third-order valence-electron chi connectivity index (χ3n) is 4.02. The summed E-state index contributed by atoms with van der Waals surface area (Å²) in [5, 5.41) is 0. The molecule has 1 fully saturated rings. The van der Waals surface area contributed by atoms with Crippen LogP contribution in [0.3, 0.4) is 0 Å². The van der Waals surface area contributed by atoms with Gasteiger partial charge in [0.15, 0.2) is 0 Å². The highest BCUT2D eigenvalue weighted by atomic mass is 15.5. The third-order valence-corrected chi connectivity index (χ3v) is 4.02. The van der Waals surface area contributed by atoms with E-state index >= 15 is 0 Å². The fourth-order valence-corrected chi connectivity index (χ4v) is 1.88. The molecule has 0 radical (unpaired) electrons. The van der Waals surface area contributed by atoms with Gasteiger partial charge < -0.3 is 8.97 Å². The van der Waals surface area contributed by atoms with Gasteiger partial charge in [0.2, 0.25) is 0 Å². The molecule has 1 aliphatic heterocycles. The van der Waals surface area contributed by atoms with Gasteiger partial charge in [-0.2, -0.15) is 0 Å². The predicted molar refractivity (Wildman–Crippen MR) is 57.5 cm³/mol. The second kappa shape index (κ2) is 2.96. The molecule has 0 unspecified atom stereocenters. The first kappa shape index (κ1) is 11.0. The van der Waals surface area contributed by atoms with Crippen LogP contribution < -0.4 is 0 Å². The molecular formula is C11H26N2+2. The van der Waals surface area contributed by atoms with Gasteiger partial charge in [-0.1, -0.05) is 0 Å². The molecule has 0 N–H and O–H groups in total. The van der Waals surface area contributed by atoms with Gasteiger partial charge in [-0.3, -0.25) is 0 Å². The van der Waals surface area contributed by atoms with Gasteiger partial charge in [0.1, 0.15) is 26.2 Å². The standard InChI is InChI=1S/C11H26N2/c1-11(2,3)13(6)9-7-12(4,5)8-10-13/h7-10H2,1-6H3/q+2. The topological polar surface area (TPSA) is 0 Å². The molecule has 0 bridgehead atoms. The van der Waals surface area contributed by atoms with Crippen molar-refractivity contribution in [1.29, 1.82) is 0 Å². The molecule has 1 aliphatic rings. The molecular weight excluding hydrogens is 160 g/mol. The maximum atomic E-state index is 2.40. The Morgan fingerprint density at radius 1 is 0.769 bits per heavy atom. The van der Waals surface area contributed by atoms with Crippen molar-refractivity contribution in [2.45, 2.75) is 26.3 Å². The van der Waals surface area contributed by atoms with E-state index in [2.05, 4.69) is 41.9 Å². The summed E-state index contributed by atoms with van der Waals surface area (Å²) in [5.74, 6) is 0. The Kier molecular flexibility index (Phi) is 2.50. The molecule has 1 saturated heterocycles. The third kappa shape index (κ3) is 2.23. The first-order valence-corrected chi connectivity index (χ1v) is 5.33. The van der Waals surface area contributed by atoms with Crippen LogP contribution in [0.2, 0.25) is 0 Å². The maximum Gasteiger partial charge on any atom is 0.129 e. The summed E-state index contributed by atoms with van der Waals surface area (Å²) in [6.45, 7) is 12.3. The van der Waals surface area contributed by atoms with Crippen LogP contribution in [0.4, 0.5) is 0 Å². The maximum absolute atomic E-state index is 2.40. The summed E-state index contributed by atoms with van der Waals surface area (Å²) < 4.78 is 2.43. The number of rotatable bonds is 0. The summed E-state index contributed by atoms with van der Waals surface area (Å²) in [6.07, 6.45) is 0. The van der Waals surface area contributed by atoms with Crippen LogP contribution in [0.15, 0.2) is 0 Å². The van der Waals surface area contributed by atoms with E-state index in [1.807, 2.05) is 0 Å². The Morgan fingerprint density at radius 2 is 1.15 bits per heavy atom. The van der Waals surface area contributed by atoms with Crippen molar-refractivity contribution in [2.24, 2.45) is 0 Å². The van der Waals surface area contributed by atoms with Crippen molar-refractivity contribution in [3.05, 3.63) is 0 Å². The summed E-state index contributed by atoms with van der Waals surface area (Å²) in [4.78, 5) is 0. The zero-order valence-corrected chi connectivity index (χ0v) is 10.2. The first-order chi connectivity index (χ1) is 5.66. The molecule has 0 amide bonds. The lowest BCUT2D eigenvalue weighted by atomic mass is 10.0. The van der Waals surface area contributed by atoms with Gasteiger partial charge in [-0.15, -0.1) is 0 Å². The SMILES string of the molecule is CC(C)(C)[N+]1(C)CC[N+](C)(C)CC1. The zero-order chi connectivity index (χ0) is 10.3. The van der Waals surface area contributed by atoms with Crippen molar-refractivity contribution in [3.63, 3.8) is 0 Å². The average Bonchev–Trinajstić information content (AvgIpc) is 1.94. The number of quaternary nitrogens is 2. The molecule has 0 spiro atoms. The van der Waals surface area contributed by atoms with Crippen molar-refractivity contribution in [2.75, 3.05) is 47.3 Å². The second-order valence-corrected chi connectivity index (χ2v) is 6.40. The monoisotopic (exact) mass is 186 g/mol. The van der Waals surface area contributed by atoms with E-state index in [4.69, 9.17) is 0 Å². The summed E-state index contributed by atoms with van der Waals surface area (Å²) in [5.41, 5.74) is 0.403. The second-order valence-electron chi connectivity index (χ2n) is 6.40. The quantitative estimate of drug-likeness (QED) is 0.501. The lowest BCUT2D eigenvalue weighted by Crippen LogP contribution is -2.68. The Morgan fingerprint density at radius 3 is 1.46 bits per heavy atom. The van der Waals surface area contributed by atoms with E-state index in [1.54, 1.807) is 0 Å². The molecule has 0 aromatic carbocycles. The predicted octanol–water partition coefficient (Wildman–Crippen LogP) is 1.32. The van der Waals surface area contributed by atoms with Gasteiger partial charge in [-0.25, -0.2) is 0 Å². The van der Waals surface area contributed by atoms with Crippen LogP contribution in [0, 0.1) is 0 Å². The van der Waals surface area contributed by atoms with Gasteiger partial charge in [-0.05, 0) is 20.8 Å². The van der Waals surface area contributed by atoms with Crippen molar-refractivity contribution in [3.8, 4) is 0 Å². The molecule has 1 heterocycles. The minimum absolute atomic E-state index is 0.403. The van der Waals surface area contributed by atoms with Crippen LogP contribution in [0.5, 0.6) is 0 Å². The van der Waals surface area contributed by atoms with Crippen LogP contribution in [0.1, 0.15) is 20.8 Å². The minimum atomic E-state index is 0.403. The molecule has 0 aromatic heterocycles. The first-order valence-electron chi connectivity index (χ1n) is 5.33. The number of hydrogen-bond acceptors (Lipinski definition) is 0. The summed E-state index contributed by atoms with van der Waals surface area (Å²) >= 11 is 0. The molecule has 0 aromatic rings. The smallest absolute Gasteiger partial charge is 0.129 e. The van der Waals surface area contributed by atoms with E-state index in [-0.39, 0.29) is 0 Å². The Bertz CT molecular complexity index is 179. The molecule has 2 heteroatoms. The molecule has 0 saturated carbocycles. The molecule has 0 aliphatic carbocycles.